The van der Waals surface area contributed by atoms with Crippen LogP contribution in [0.5, 0.6) is 11.5 Å². The summed E-state index contributed by atoms with van der Waals surface area (Å²) in [6.07, 6.45) is 6.26. The van der Waals surface area contributed by atoms with E-state index in [1.54, 1.807) is 30.6 Å². The SMILES string of the molecule is CCCCn1c(N2CCCC2)c(C=C2SC(=S)N(CCc3ccc(OC)c(OC)c3)C2=O)c(C)c(C#N)c1=O. The summed E-state index contributed by atoms with van der Waals surface area (Å²) in [4.78, 5) is 31.2. The molecule has 0 spiro atoms. The zero-order valence-corrected chi connectivity index (χ0v) is 24.5. The Morgan fingerprint density at radius 2 is 1.85 bits per heavy atom. The van der Waals surface area contributed by atoms with Gasteiger partial charge in [0.2, 0.25) is 0 Å². The van der Waals surface area contributed by atoms with Gasteiger partial charge < -0.3 is 14.4 Å². The molecule has 0 aliphatic carbocycles. The van der Waals surface area contributed by atoms with Gasteiger partial charge in [-0.3, -0.25) is 19.1 Å². The molecule has 0 unspecified atom stereocenters. The van der Waals surface area contributed by atoms with Crippen LogP contribution < -0.4 is 19.9 Å². The Labute approximate surface area is 239 Å². The second-order valence-corrected chi connectivity index (χ2v) is 11.3. The van der Waals surface area contributed by atoms with Crippen molar-refractivity contribution in [1.29, 1.82) is 5.26 Å². The topological polar surface area (TPSA) is 87.8 Å². The zero-order chi connectivity index (χ0) is 28.1. The fourth-order valence-electron chi connectivity index (χ4n) is 5.04. The quantitative estimate of drug-likeness (QED) is 0.297. The lowest BCUT2D eigenvalue weighted by atomic mass is 10.0. The third-order valence-electron chi connectivity index (χ3n) is 7.21. The largest absolute Gasteiger partial charge is 0.493 e. The number of benzene rings is 1. The molecule has 4 rings (SSSR count). The average Bonchev–Trinajstić information content (AvgIpc) is 3.56. The van der Waals surface area contributed by atoms with E-state index < -0.39 is 0 Å². The third kappa shape index (κ3) is 5.85. The lowest BCUT2D eigenvalue weighted by Gasteiger charge is -2.27. The van der Waals surface area contributed by atoms with Crippen molar-refractivity contribution in [3.63, 3.8) is 0 Å². The fraction of sp³-hybridized carbons (Fsp3) is 0.448. The summed E-state index contributed by atoms with van der Waals surface area (Å²) in [5.74, 6) is 1.92. The molecule has 2 fully saturated rings. The first-order chi connectivity index (χ1) is 18.8. The molecule has 2 saturated heterocycles. The Kier molecular flexibility index (Phi) is 9.36. The van der Waals surface area contributed by atoms with Gasteiger partial charge in [-0.05, 0) is 61.9 Å². The second-order valence-electron chi connectivity index (χ2n) is 9.63. The molecule has 2 aliphatic rings. The van der Waals surface area contributed by atoms with Gasteiger partial charge in [0.05, 0.1) is 19.1 Å². The van der Waals surface area contributed by atoms with Gasteiger partial charge in [-0.1, -0.05) is 43.4 Å². The number of ether oxygens (including phenoxy) is 2. The van der Waals surface area contributed by atoms with Crippen LogP contribution in [0.25, 0.3) is 6.08 Å². The second kappa shape index (κ2) is 12.7. The predicted molar refractivity (Wildman–Crippen MR) is 160 cm³/mol. The van der Waals surface area contributed by atoms with Gasteiger partial charge in [0.1, 0.15) is 21.8 Å². The summed E-state index contributed by atoms with van der Waals surface area (Å²) in [6, 6.07) is 7.82. The van der Waals surface area contributed by atoms with Crippen LogP contribution >= 0.6 is 24.0 Å². The number of pyridine rings is 1. The van der Waals surface area contributed by atoms with Crippen LogP contribution in [0.3, 0.4) is 0 Å². The first kappa shape index (κ1) is 28.7. The molecule has 39 heavy (non-hydrogen) atoms. The van der Waals surface area contributed by atoms with Gasteiger partial charge in [-0.2, -0.15) is 5.26 Å². The maximum atomic E-state index is 13.5. The van der Waals surface area contributed by atoms with Crippen LogP contribution in [-0.4, -0.2) is 53.5 Å². The van der Waals surface area contributed by atoms with Crippen LogP contribution in [0, 0.1) is 18.3 Å². The highest BCUT2D eigenvalue weighted by molar-refractivity contribution is 8.26. The molecule has 0 N–H and O–H groups in total. The Balaban J connectivity index is 1.69. The van der Waals surface area contributed by atoms with E-state index in [-0.39, 0.29) is 17.0 Å². The summed E-state index contributed by atoms with van der Waals surface area (Å²) in [6.45, 7) is 6.51. The van der Waals surface area contributed by atoms with Crippen molar-refractivity contribution in [2.75, 3.05) is 38.8 Å². The number of rotatable bonds is 10. The molecule has 10 heteroatoms. The van der Waals surface area contributed by atoms with Gasteiger partial charge in [-0.25, -0.2) is 0 Å². The molecular weight excluding hydrogens is 532 g/mol. The number of nitriles is 1. The smallest absolute Gasteiger partial charge is 0.270 e. The van der Waals surface area contributed by atoms with E-state index in [4.69, 9.17) is 21.7 Å². The van der Waals surface area contributed by atoms with Crippen molar-refractivity contribution >= 4 is 46.1 Å². The summed E-state index contributed by atoms with van der Waals surface area (Å²) in [5, 5.41) is 9.86. The van der Waals surface area contributed by atoms with E-state index >= 15 is 0 Å². The first-order valence-corrected chi connectivity index (χ1v) is 14.5. The molecule has 2 aromatic rings. The van der Waals surface area contributed by atoms with Crippen LogP contribution in [0.1, 0.15) is 54.9 Å². The number of methoxy groups -OCH3 is 2. The van der Waals surface area contributed by atoms with Crippen LogP contribution in [0.15, 0.2) is 27.9 Å². The van der Waals surface area contributed by atoms with Gasteiger partial charge in [-0.15, -0.1) is 0 Å². The molecule has 8 nitrogen and oxygen atoms in total. The molecule has 206 valence electrons. The van der Waals surface area contributed by atoms with E-state index in [2.05, 4.69) is 17.9 Å². The fourth-order valence-corrected chi connectivity index (χ4v) is 6.33. The monoisotopic (exact) mass is 566 g/mol. The molecule has 1 aromatic carbocycles. The highest BCUT2D eigenvalue weighted by Crippen LogP contribution is 2.37. The Bertz CT molecular complexity index is 1400. The third-order valence-corrected chi connectivity index (χ3v) is 8.59. The van der Waals surface area contributed by atoms with Crippen molar-refractivity contribution < 1.29 is 14.3 Å². The number of thiocarbonyl (C=S) groups is 1. The number of hydrogen-bond donors (Lipinski definition) is 0. The molecule has 0 bridgehead atoms. The minimum atomic E-state index is -0.259. The number of anilines is 1. The zero-order valence-electron chi connectivity index (χ0n) is 22.9. The highest BCUT2D eigenvalue weighted by Gasteiger charge is 2.33. The normalized spacial score (nSPS) is 16.3. The molecule has 3 heterocycles. The Hall–Kier alpha value is -3.29. The van der Waals surface area contributed by atoms with E-state index in [0.29, 0.717) is 45.8 Å². The molecule has 0 atom stereocenters. The summed E-state index contributed by atoms with van der Waals surface area (Å²) >= 11 is 6.87. The van der Waals surface area contributed by atoms with Crippen LogP contribution in [0.4, 0.5) is 5.82 Å². The van der Waals surface area contributed by atoms with Crippen LogP contribution in [-0.2, 0) is 17.8 Å². The predicted octanol–water partition coefficient (Wildman–Crippen LogP) is 4.89. The van der Waals surface area contributed by atoms with E-state index in [1.165, 1.54) is 11.8 Å². The maximum absolute atomic E-state index is 13.5. The summed E-state index contributed by atoms with van der Waals surface area (Å²) < 4.78 is 13.0. The van der Waals surface area contributed by atoms with E-state index in [0.717, 1.165) is 55.7 Å². The number of hydrogen-bond acceptors (Lipinski definition) is 8. The molecule has 2 aliphatic heterocycles. The summed E-state index contributed by atoms with van der Waals surface area (Å²) in [5.41, 5.74) is 2.23. The molecule has 0 radical (unpaired) electrons. The van der Waals surface area contributed by atoms with Gasteiger partial charge in [0, 0.05) is 31.7 Å². The number of thioether (sulfide) groups is 1. The van der Waals surface area contributed by atoms with Crippen molar-refractivity contribution in [2.45, 2.75) is 52.5 Å². The number of nitrogens with zero attached hydrogens (tertiary/aromatic N) is 4. The van der Waals surface area contributed by atoms with Crippen LogP contribution in [0.2, 0.25) is 0 Å². The molecule has 0 saturated carbocycles. The minimum Gasteiger partial charge on any atom is -0.493 e. The van der Waals surface area contributed by atoms with Crippen molar-refractivity contribution in [1.82, 2.24) is 9.47 Å². The Morgan fingerprint density at radius 1 is 1.13 bits per heavy atom. The molecule has 1 aromatic heterocycles. The van der Waals surface area contributed by atoms with Crippen molar-refractivity contribution in [3.8, 4) is 17.6 Å². The van der Waals surface area contributed by atoms with Crippen molar-refractivity contribution in [2.24, 2.45) is 0 Å². The lowest BCUT2D eigenvalue weighted by molar-refractivity contribution is -0.122. The first-order valence-electron chi connectivity index (χ1n) is 13.2. The number of amides is 1. The standard InChI is InChI=1S/C29H34N4O4S2/c1-5-6-14-32-26(31-12-7-8-13-31)21(19(2)22(18-30)27(32)34)17-25-28(35)33(29(38)39-25)15-11-20-9-10-23(36-3)24(16-20)37-4/h9-10,16-17H,5-8,11-15H2,1-4H3. The number of aromatic nitrogens is 1. The van der Waals surface area contributed by atoms with Gasteiger partial charge in [0.25, 0.3) is 11.5 Å². The minimum absolute atomic E-state index is 0.129. The maximum Gasteiger partial charge on any atom is 0.270 e. The number of carbonyl (C=O) groups excluding carboxylic acids is 1. The average molecular weight is 567 g/mol. The highest BCUT2D eigenvalue weighted by atomic mass is 32.2. The van der Waals surface area contributed by atoms with E-state index in [1.807, 2.05) is 24.3 Å². The lowest BCUT2D eigenvalue weighted by Crippen LogP contribution is -2.33. The van der Waals surface area contributed by atoms with Gasteiger partial charge in [0.15, 0.2) is 11.5 Å². The summed E-state index contributed by atoms with van der Waals surface area (Å²) in [7, 11) is 3.19. The molecular formula is C29H34N4O4S2. The van der Waals surface area contributed by atoms with Crippen molar-refractivity contribution in [3.05, 3.63) is 55.7 Å². The number of unbranched alkanes of at least 4 members (excludes halogenated alkanes) is 1. The number of carbonyl (C=O) groups is 1. The van der Waals surface area contributed by atoms with E-state index in [9.17, 15) is 14.9 Å². The van der Waals surface area contributed by atoms with Gasteiger partial charge >= 0.3 is 0 Å². The Morgan fingerprint density at radius 3 is 2.49 bits per heavy atom. The molecule has 1 amide bonds.